The molecule has 1 aromatic carbocycles. The molecule has 0 aliphatic carbocycles. The minimum absolute atomic E-state index is 0.301. The van der Waals surface area contributed by atoms with Crippen molar-refractivity contribution in [1.82, 2.24) is 4.90 Å². The molecular weight excluding hydrogens is 266 g/mol. The molecule has 1 aromatic rings. The second-order valence-electron chi connectivity index (χ2n) is 4.33. The molecule has 0 heterocycles. The van der Waals surface area contributed by atoms with Gasteiger partial charge in [-0.1, -0.05) is 29.8 Å². The lowest BCUT2D eigenvalue weighted by Gasteiger charge is -2.16. The average molecular weight is 288 g/mol. The van der Waals surface area contributed by atoms with Crippen molar-refractivity contribution in [2.75, 3.05) is 38.2 Å². The largest absolute Gasteiger partial charge is 0.396 e. The fourth-order valence-electron chi connectivity index (χ4n) is 1.61. The SMILES string of the molecule is CN(CCSCCCO)CCc1ccccc1Cl. The molecule has 1 N–H and O–H groups in total. The van der Waals surface area contributed by atoms with Crippen molar-refractivity contribution in [2.45, 2.75) is 12.8 Å². The monoisotopic (exact) mass is 287 g/mol. The van der Waals surface area contributed by atoms with E-state index in [9.17, 15) is 0 Å². The summed E-state index contributed by atoms with van der Waals surface area (Å²) in [5.41, 5.74) is 1.22. The van der Waals surface area contributed by atoms with E-state index >= 15 is 0 Å². The number of nitrogens with zero attached hydrogens (tertiary/aromatic N) is 1. The zero-order valence-corrected chi connectivity index (χ0v) is 12.5. The van der Waals surface area contributed by atoms with E-state index < -0.39 is 0 Å². The highest BCUT2D eigenvalue weighted by molar-refractivity contribution is 7.99. The van der Waals surface area contributed by atoms with Gasteiger partial charge in [0.2, 0.25) is 0 Å². The first-order valence-electron chi connectivity index (χ1n) is 6.34. The molecule has 0 unspecified atom stereocenters. The van der Waals surface area contributed by atoms with E-state index in [-0.39, 0.29) is 0 Å². The van der Waals surface area contributed by atoms with Crippen molar-refractivity contribution < 1.29 is 5.11 Å². The summed E-state index contributed by atoms with van der Waals surface area (Å²) in [6, 6.07) is 8.03. The van der Waals surface area contributed by atoms with Crippen molar-refractivity contribution in [3.8, 4) is 0 Å². The van der Waals surface area contributed by atoms with Crippen LogP contribution in [0.25, 0.3) is 0 Å². The summed E-state index contributed by atoms with van der Waals surface area (Å²) in [4.78, 5) is 2.33. The molecule has 0 aliphatic rings. The number of benzene rings is 1. The van der Waals surface area contributed by atoms with Crippen LogP contribution in [0.15, 0.2) is 24.3 Å². The Labute approximate surface area is 119 Å². The summed E-state index contributed by atoms with van der Waals surface area (Å²) < 4.78 is 0. The van der Waals surface area contributed by atoms with Crippen LogP contribution in [0.5, 0.6) is 0 Å². The molecule has 0 bridgehead atoms. The maximum absolute atomic E-state index is 8.67. The number of aliphatic hydroxyl groups is 1. The van der Waals surface area contributed by atoms with E-state index in [1.807, 2.05) is 30.0 Å². The van der Waals surface area contributed by atoms with Gasteiger partial charge in [-0.05, 0) is 37.3 Å². The highest BCUT2D eigenvalue weighted by atomic mass is 35.5. The highest BCUT2D eigenvalue weighted by Crippen LogP contribution is 2.15. The van der Waals surface area contributed by atoms with Crippen LogP contribution in [0.1, 0.15) is 12.0 Å². The van der Waals surface area contributed by atoms with Gasteiger partial charge >= 0.3 is 0 Å². The fourth-order valence-corrected chi connectivity index (χ4v) is 2.82. The third-order valence-electron chi connectivity index (χ3n) is 2.78. The van der Waals surface area contributed by atoms with Crippen LogP contribution in [-0.4, -0.2) is 48.3 Å². The third-order valence-corrected chi connectivity index (χ3v) is 4.20. The smallest absolute Gasteiger partial charge is 0.0438 e. The molecule has 4 heteroatoms. The molecule has 1 rings (SSSR count). The molecule has 102 valence electrons. The molecule has 0 spiro atoms. The Morgan fingerprint density at radius 3 is 2.72 bits per heavy atom. The van der Waals surface area contributed by atoms with Crippen LogP contribution in [0, 0.1) is 0 Å². The molecular formula is C14H22ClNOS. The molecule has 0 amide bonds. The van der Waals surface area contributed by atoms with Crippen LogP contribution in [0.2, 0.25) is 5.02 Å². The van der Waals surface area contributed by atoms with Gasteiger partial charge in [-0.15, -0.1) is 0 Å². The fraction of sp³-hybridized carbons (Fsp3) is 0.571. The summed E-state index contributed by atoms with van der Waals surface area (Å²) in [6.45, 7) is 2.42. The van der Waals surface area contributed by atoms with Crippen LogP contribution in [0.3, 0.4) is 0 Å². The first kappa shape index (κ1) is 15.8. The lowest BCUT2D eigenvalue weighted by molar-refractivity contribution is 0.296. The van der Waals surface area contributed by atoms with E-state index in [4.69, 9.17) is 16.7 Å². The van der Waals surface area contributed by atoms with Crippen LogP contribution >= 0.6 is 23.4 Å². The average Bonchev–Trinajstić information content (AvgIpc) is 2.37. The molecule has 0 saturated carbocycles. The lowest BCUT2D eigenvalue weighted by atomic mass is 10.1. The van der Waals surface area contributed by atoms with E-state index in [0.717, 1.165) is 42.5 Å². The number of rotatable bonds is 9. The molecule has 0 aliphatic heterocycles. The Kier molecular flexibility index (Phi) is 8.51. The van der Waals surface area contributed by atoms with Gasteiger partial charge in [0, 0.05) is 30.5 Å². The van der Waals surface area contributed by atoms with Gasteiger partial charge < -0.3 is 10.0 Å². The summed E-state index contributed by atoms with van der Waals surface area (Å²) in [5.74, 6) is 2.17. The zero-order chi connectivity index (χ0) is 13.2. The van der Waals surface area contributed by atoms with E-state index in [1.165, 1.54) is 5.56 Å². The van der Waals surface area contributed by atoms with Gasteiger partial charge in [-0.2, -0.15) is 11.8 Å². The third kappa shape index (κ3) is 6.64. The molecule has 0 atom stereocenters. The second kappa shape index (κ2) is 9.68. The van der Waals surface area contributed by atoms with Crippen LogP contribution in [0.4, 0.5) is 0 Å². The Bertz CT molecular complexity index is 335. The van der Waals surface area contributed by atoms with Crippen molar-refractivity contribution in [3.63, 3.8) is 0 Å². The quantitative estimate of drug-likeness (QED) is 0.707. The Morgan fingerprint density at radius 1 is 1.22 bits per heavy atom. The second-order valence-corrected chi connectivity index (χ2v) is 5.97. The van der Waals surface area contributed by atoms with E-state index in [0.29, 0.717) is 6.61 Å². The minimum Gasteiger partial charge on any atom is -0.396 e. The first-order chi connectivity index (χ1) is 8.74. The Morgan fingerprint density at radius 2 is 2.00 bits per heavy atom. The topological polar surface area (TPSA) is 23.5 Å². The van der Waals surface area contributed by atoms with E-state index in [1.54, 1.807) is 0 Å². The summed E-state index contributed by atoms with van der Waals surface area (Å²) in [5, 5.41) is 9.54. The Hall–Kier alpha value is -0.220. The first-order valence-corrected chi connectivity index (χ1v) is 7.88. The van der Waals surface area contributed by atoms with Gasteiger partial charge in [0.25, 0.3) is 0 Å². The molecule has 2 nitrogen and oxygen atoms in total. The molecule has 0 saturated heterocycles. The van der Waals surface area contributed by atoms with Gasteiger partial charge in [-0.3, -0.25) is 0 Å². The number of hydrogen-bond donors (Lipinski definition) is 1. The molecule has 0 radical (unpaired) electrons. The van der Waals surface area contributed by atoms with Crippen molar-refractivity contribution in [3.05, 3.63) is 34.9 Å². The number of likely N-dealkylation sites (N-methyl/N-ethyl adjacent to an activating group) is 1. The standard InChI is InChI=1S/C14H22ClNOS/c1-16(9-12-18-11-4-10-17)8-7-13-5-2-3-6-14(13)15/h2-3,5-6,17H,4,7-12H2,1H3. The predicted octanol–water partition coefficient (Wildman–Crippen LogP) is 2.93. The number of aliphatic hydroxyl groups excluding tert-OH is 1. The van der Waals surface area contributed by atoms with E-state index in [2.05, 4.69) is 18.0 Å². The van der Waals surface area contributed by atoms with Crippen LogP contribution < -0.4 is 0 Å². The number of thioether (sulfide) groups is 1. The van der Waals surface area contributed by atoms with Gasteiger partial charge in [0.05, 0.1) is 0 Å². The zero-order valence-electron chi connectivity index (χ0n) is 10.9. The number of hydrogen-bond acceptors (Lipinski definition) is 3. The number of halogens is 1. The summed E-state index contributed by atoms with van der Waals surface area (Å²) in [7, 11) is 2.14. The van der Waals surface area contributed by atoms with Crippen molar-refractivity contribution in [2.24, 2.45) is 0 Å². The van der Waals surface area contributed by atoms with Gasteiger partial charge in [0.15, 0.2) is 0 Å². The lowest BCUT2D eigenvalue weighted by Crippen LogP contribution is -2.24. The molecule has 18 heavy (non-hydrogen) atoms. The van der Waals surface area contributed by atoms with Gasteiger partial charge in [0.1, 0.15) is 0 Å². The highest BCUT2D eigenvalue weighted by Gasteiger charge is 2.02. The van der Waals surface area contributed by atoms with Gasteiger partial charge in [-0.25, -0.2) is 0 Å². The van der Waals surface area contributed by atoms with Crippen molar-refractivity contribution in [1.29, 1.82) is 0 Å². The predicted molar refractivity (Wildman–Crippen MR) is 81.7 cm³/mol. The molecule has 0 fully saturated rings. The summed E-state index contributed by atoms with van der Waals surface area (Å²) in [6.07, 6.45) is 1.89. The molecule has 0 aromatic heterocycles. The van der Waals surface area contributed by atoms with Crippen LogP contribution in [-0.2, 0) is 6.42 Å². The maximum Gasteiger partial charge on any atom is 0.0438 e. The van der Waals surface area contributed by atoms with Crippen molar-refractivity contribution >= 4 is 23.4 Å². The Balaban J connectivity index is 2.13. The summed E-state index contributed by atoms with van der Waals surface area (Å²) >= 11 is 8.03. The minimum atomic E-state index is 0.301. The maximum atomic E-state index is 8.67. The normalized spacial score (nSPS) is 11.1.